The van der Waals surface area contributed by atoms with Crippen molar-refractivity contribution in [1.82, 2.24) is 9.78 Å². The van der Waals surface area contributed by atoms with Gasteiger partial charge in [-0.25, -0.2) is 12.8 Å². The van der Waals surface area contributed by atoms with Crippen molar-refractivity contribution < 1.29 is 17.6 Å². The number of halogens is 1. The Kier molecular flexibility index (Phi) is 5.09. The summed E-state index contributed by atoms with van der Waals surface area (Å²) in [5.41, 5.74) is 2.34. The SMILES string of the molecule is CS(=O)(=O)c1ccc(Cn2nc(C(=O)Nc3ccc(F)cc3)c3ccccc32)cc1. The number of para-hydroxylation sites is 1. The molecule has 4 rings (SSSR count). The number of nitrogens with one attached hydrogen (secondary N) is 1. The zero-order chi connectivity index (χ0) is 21.3. The molecule has 0 spiro atoms. The van der Waals surface area contributed by atoms with Crippen LogP contribution in [0.25, 0.3) is 10.9 Å². The number of fused-ring (bicyclic) bond motifs is 1. The van der Waals surface area contributed by atoms with E-state index in [0.29, 0.717) is 17.6 Å². The largest absolute Gasteiger partial charge is 0.321 e. The molecule has 0 atom stereocenters. The van der Waals surface area contributed by atoms with Crippen molar-refractivity contribution >= 4 is 32.3 Å². The molecule has 1 amide bonds. The summed E-state index contributed by atoms with van der Waals surface area (Å²) in [4.78, 5) is 13.0. The lowest BCUT2D eigenvalue weighted by atomic mass is 10.2. The average Bonchev–Trinajstić information content (AvgIpc) is 3.08. The highest BCUT2D eigenvalue weighted by molar-refractivity contribution is 7.90. The lowest BCUT2D eigenvalue weighted by Crippen LogP contribution is -2.14. The van der Waals surface area contributed by atoms with Gasteiger partial charge >= 0.3 is 0 Å². The van der Waals surface area contributed by atoms with Gasteiger partial charge in [-0.05, 0) is 48.0 Å². The molecule has 0 aliphatic heterocycles. The van der Waals surface area contributed by atoms with Crippen molar-refractivity contribution in [3.8, 4) is 0 Å². The number of carbonyl (C=O) groups is 1. The zero-order valence-electron chi connectivity index (χ0n) is 16.0. The third kappa shape index (κ3) is 4.08. The number of rotatable bonds is 5. The number of hydrogen-bond acceptors (Lipinski definition) is 4. The maximum atomic E-state index is 13.1. The summed E-state index contributed by atoms with van der Waals surface area (Å²) >= 11 is 0. The second-order valence-corrected chi connectivity index (χ2v) is 8.92. The number of hydrogen-bond donors (Lipinski definition) is 1. The topological polar surface area (TPSA) is 81.1 Å². The zero-order valence-corrected chi connectivity index (χ0v) is 16.9. The van der Waals surface area contributed by atoms with Gasteiger partial charge in [0.05, 0.1) is 17.0 Å². The molecule has 1 aromatic heterocycles. The van der Waals surface area contributed by atoms with E-state index in [1.807, 2.05) is 24.3 Å². The van der Waals surface area contributed by atoms with E-state index in [2.05, 4.69) is 10.4 Å². The van der Waals surface area contributed by atoms with Crippen molar-refractivity contribution in [3.63, 3.8) is 0 Å². The third-order valence-electron chi connectivity index (χ3n) is 4.66. The van der Waals surface area contributed by atoms with Crippen LogP contribution in [0.2, 0.25) is 0 Å². The number of benzene rings is 3. The van der Waals surface area contributed by atoms with Crippen molar-refractivity contribution in [2.75, 3.05) is 11.6 Å². The van der Waals surface area contributed by atoms with Crippen LogP contribution in [0.5, 0.6) is 0 Å². The fourth-order valence-electron chi connectivity index (χ4n) is 3.15. The summed E-state index contributed by atoms with van der Waals surface area (Å²) in [7, 11) is -3.27. The van der Waals surface area contributed by atoms with Crippen LogP contribution in [-0.4, -0.2) is 30.4 Å². The van der Waals surface area contributed by atoms with E-state index in [1.165, 1.54) is 24.3 Å². The van der Waals surface area contributed by atoms with E-state index in [0.717, 1.165) is 17.3 Å². The second-order valence-electron chi connectivity index (χ2n) is 6.90. The van der Waals surface area contributed by atoms with Crippen LogP contribution in [0.3, 0.4) is 0 Å². The van der Waals surface area contributed by atoms with Gasteiger partial charge in [-0.15, -0.1) is 0 Å². The second kappa shape index (κ2) is 7.72. The van der Waals surface area contributed by atoms with Crippen LogP contribution >= 0.6 is 0 Å². The molecule has 0 bridgehead atoms. The summed E-state index contributed by atoms with van der Waals surface area (Å²) in [5, 5.41) is 7.90. The monoisotopic (exact) mass is 423 g/mol. The summed E-state index contributed by atoms with van der Waals surface area (Å²) < 4.78 is 38.1. The molecule has 0 aliphatic carbocycles. The molecule has 3 aromatic carbocycles. The number of aromatic nitrogens is 2. The maximum absolute atomic E-state index is 13.1. The molecular formula is C22H18FN3O3S. The molecule has 0 fully saturated rings. The van der Waals surface area contributed by atoms with Gasteiger partial charge in [-0.1, -0.05) is 30.3 Å². The Morgan fingerprint density at radius 1 is 1.00 bits per heavy atom. The summed E-state index contributed by atoms with van der Waals surface area (Å²) in [6.45, 7) is 0.369. The predicted molar refractivity (Wildman–Crippen MR) is 113 cm³/mol. The minimum Gasteiger partial charge on any atom is -0.321 e. The van der Waals surface area contributed by atoms with E-state index >= 15 is 0 Å². The number of carbonyl (C=O) groups excluding carboxylic acids is 1. The highest BCUT2D eigenvalue weighted by Crippen LogP contribution is 2.21. The molecule has 0 saturated heterocycles. The molecule has 6 nitrogen and oxygen atoms in total. The number of anilines is 1. The molecular weight excluding hydrogens is 405 g/mol. The first-order chi connectivity index (χ1) is 14.3. The van der Waals surface area contributed by atoms with Crippen molar-refractivity contribution in [1.29, 1.82) is 0 Å². The van der Waals surface area contributed by atoms with E-state index < -0.39 is 15.7 Å². The summed E-state index contributed by atoms with van der Waals surface area (Å²) in [5.74, 6) is -0.784. The first kappa shape index (κ1) is 19.8. The molecule has 0 unspecified atom stereocenters. The smallest absolute Gasteiger partial charge is 0.276 e. The van der Waals surface area contributed by atoms with Crippen molar-refractivity contribution in [2.24, 2.45) is 0 Å². The molecule has 0 saturated carbocycles. The van der Waals surface area contributed by atoms with Gasteiger partial charge in [-0.2, -0.15) is 5.10 Å². The Labute approximate surface area is 172 Å². The number of sulfone groups is 1. The first-order valence-electron chi connectivity index (χ1n) is 9.13. The Balaban J connectivity index is 1.65. The van der Waals surface area contributed by atoms with Gasteiger partial charge in [0.2, 0.25) is 0 Å². The fourth-order valence-corrected chi connectivity index (χ4v) is 3.78. The van der Waals surface area contributed by atoms with E-state index in [4.69, 9.17) is 0 Å². The quantitative estimate of drug-likeness (QED) is 0.528. The summed E-state index contributed by atoms with van der Waals surface area (Å²) in [6, 6.07) is 19.4. The normalized spacial score (nSPS) is 11.5. The van der Waals surface area contributed by atoms with Crippen LogP contribution < -0.4 is 5.32 Å². The van der Waals surface area contributed by atoms with Crippen molar-refractivity contribution in [2.45, 2.75) is 11.4 Å². The predicted octanol–water partition coefficient (Wildman–Crippen LogP) is 3.88. The Hall–Kier alpha value is -3.52. The van der Waals surface area contributed by atoms with Gasteiger partial charge in [0, 0.05) is 17.3 Å². The van der Waals surface area contributed by atoms with Crippen LogP contribution in [0.4, 0.5) is 10.1 Å². The molecule has 1 N–H and O–H groups in total. The molecule has 1 heterocycles. The van der Waals surface area contributed by atoms with E-state index in [9.17, 15) is 17.6 Å². The van der Waals surface area contributed by atoms with Crippen molar-refractivity contribution in [3.05, 3.63) is 89.9 Å². The molecule has 8 heteroatoms. The Morgan fingerprint density at radius 2 is 1.67 bits per heavy atom. The highest BCUT2D eigenvalue weighted by Gasteiger charge is 2.17. The third-order valence-corrected chi connectivity index (χ3v) is 5.79. The molecule has 0 radical (unpaired) electrons. The molecule has 4 aromatic rings. The fraction of sp³-hybridized carbons (Fsp3) is 0.0909. The Morgan fingerprint density at radius 3 is 2.33 bits per heavy atom. The van der Waals surface area contributed by atoms with Gasteiger partial charge < -0.3 is 5.32 Å². The van der Waals surface area contributed by atoms with Gasteiger partial charge in [0.25, 0.3) is 5.91 Å². The first-order valence-corrected chi connectivity index (χ1v) is 11.0. The van der Waals surface area contributed by atoms with E-state index in [1.54, 1.807) is 28.9 Å². The van der Waals surface area contributed by atoms with E-state index in [-0.39, 0.29) is 16.4 Å². The highest BCUT2D eigenvalue weighted by atomic mass is 32.2. The molecule has 152 valence electrons. The van der Waals surface area contributed by atoms with Crippen LogP contribution in [-0.2, 0) is 16.4 Å². The lowest BCUT2D eigenvalue weighted by molar-refractivity contribution is 0.102. The maximum Gasteiger partial charge on any atom is 0.276 e. The Bertz CT molecular complexity index is 1330. The lowest BCUT2D eigenvalue weighted by Gasteiger charge is -2.05. The van der Waals surface area contributed by atoms with Crippen LogP contribution in [0, 0.1) is 5.82 Å². The van der Waals surface area contributed by atoms with Crippen LogP contribution in [0.1, 0.15) is 16.1 Å². The van der Waals surface area contributed by atoms with Crippen LogP contribution in [0.15, 0.2) is 77.7 Å². The van der Waals surface area contributed by atoms with Gasteiger partial charge in [0.1, 0.15) is 5.82 Å². The molecule has 0 aliphatic rings. The summed E-state index contributed by atoms with van der Waals surface area (Å²) in [6.07, 6.45) is 1.16. The number of amides is 1. The molecule has 30 heavy (non-hydrogen) atoms. The standard InChI is InChI=1S/C22H18FN3O3S/c1-30(28,29)18-12-6-15(7-13-18)14-26-20-5-3-2-4-19(20)21(25-26)22(27)24-17-10-8-16(23)9-11-17/h2-13H,14H2,1H3,(H,24,27). The minimum atomic E-state index is -3.27. The average molecular weight is 423 g/mol. The van der Waals surface area contributed by atoms with Gasteiger partial charge in [-0.3, -0.25) is 9.48 Å². The minimum absolute atomic E-state index is 0.246. The number of nitrogens with zero attached hydrogens (tertiary/aromatic N) is 2. The van der Waals surface area contributed by atoms with Gasteiger partial charge in [0.15, 0.2) is 15.5 Å².